The van der Waals surface area contributed by atoms with Gasteiger partial charge in [0.25, 0.3) is 0 Å². The summed E-state index contributed by atoms with van der Waals surface area (Å²) in [6.45, 7) is 5.39. The molecule has 1 fully saturated rings. The summed E-state index contributed by atoms with van der Waals surface area (Å²) >= 11 is 0. The molecule has 0 saturated carbocycles. The zero-order chi connectivity index (χ0) is 13.8. The average molecular weight is 266 g/mol. The van der Waals surface area contributed by atoms with Gasteiger partial charge in [0.15, 0.2) is 0 Å². The Morgan fingerprint density at radius 3 is 2.75 bits per heavy atom. The van der Waals surface area contributed by atoms with Crippen molar-refractivity contribution < 1.29 is 0 Å². The van der Waals surface area contributed by atoms with Crippen molar-refractivity contribution >= 4 is 5.69 Å². The monoisotopic (exact) mass is 266 g/mol. The van der Waals surface area contributed by atoms with Gasteiger partial charge < -0.3 is 10.2 Å². The summed E-state index contributed by atoms with van der Waals surface area (Å²) in [6.07, 6.45) is 1.10. The number of rotatable bonds is 3. The van der Waals surface area contributed by atoms with Crippen LogP contribution in [0, 0.1) is 6.92 Å². The molecule has 104 valence electrons. The first-order valence-corrected chi connectivity index (χ1v) is 7.40. The average Bonchev–Trinajstić information content (AvgIpc) is 2.49. The fourth-order valence-electron chi connectivity index (χ4n) is 2.92. The predicted molar refractivity (Wildman–Crippen MR) is 85.3 cm³/mol. The highest BCUT2D eigenvalue weighted by Gasteiger charge is 2.19. The minimum absolute atomic E-state index is 0.534. The number of aryl methyl sites for hydroxylation is 1. The Bertz CT molecular complexity index is 550. The molecule has 2 nitrogen and oxygen atoms in total. The molecule has 1 saturated heterocycles. The fraction of sp³-hybridized carbons (Fsp3) is 0.333. The van der Waals surface area contributed by atoms with Crippen LogP contribution < -0.4 is 10.2 Å². The number of anilines is 1. The molecule has 1 aliphatic heterocycles. The van der Waals surface area contributed by atoms with E-state index in [0.29, 0.717) is 6.04 Å². The second-order valence-corrected chi connectivity index (χ2v) is 5.63. The van der Waals surface area contributed by atoms with Crippen molar-refractivity contribution in [2.24, 2.45) is 0 Å². The van der Waals surface area contributed by atoms with E-state index in [1.54, 1.807) is 0 Å². The van der Waals surface area contributed by atoms with Crippen molar-refractivity contribution in [1.82, 2.24) is 5.32 Å². The second kappa shape index (κ2) is 6.10. The summed E-state index contributed by atoms with van der Waals surface area (Å²) in [4.78, 5) is 2.50. The largest absolute Gasteiger partial charge is 0.369 e. The van der Waals surface area contributed by atoms with Crippen LogP contribution in [-0.4, -0.2) is 25.7 Å². The molecular weight excluding hydrogens is 244 g/mol. The SMILES string of the molecule is Cc1cccc(N2CCNC(Cc3ccccc3)C2)c1. The summed E-state index contributed by atoms with van der Waals surface area (Å²) in [5, 5.41) is 3.64. The Labute approximate surface area is 121 Å². The van der Waals surface area contributed by atoms with E-state index in [1.807, 2.05) is 0 Å². The van der Waals surface area contributed by atoms with Gasteiger partial charge in [0.2, 0.25) is 0 Å². The van der Waals surface area contributed by atoms with E-state index in [9.17, 15) is 0 Å². The van der Waals surface area contributed by atoms with Crippen molar-refractivity contribution in [1.29, 1.82) is 0 Å². The van der Waals surface area contributed by atoms with Crippen LogP contribution in [-0.2, 0) is 6.42 Å². The molecule has 0 radical (unpaired) electrons. The van der Waals surface area contributed by atoms with Gasteiger partial charge in [-0.3, -0.25) is 0 Å². The Morgan fingerprint density at radius 1 is 1.10 bits per heavy atom. The van der Waals surface area contributed by atoms with Gasteiger partial charge in [0, 0.05) is 31.4 Å². The molecule has 2 heteroatoms. The molecule has 2 aromatic rings. The van der Waals surface area contributed by atoms with Gasteiger partial charge in [0.05, 0.1) is 0 Å². The molecule has 2 aromatic carbocycles. The molecule has 0 aliphatic carbocycles. The van der Waals surface area contributed by atoms with Crippen molar-refractivity contribution in [3.05, 3.63) is 65.7 Å². The maximum atomic E-state index is 3.64. The number of hydrogen-bond acceptors (Lipinski definition) is 2. The van der Waals surface area contributed by atoms with E-state index < -0.39 is 0 Å². The first kappa shape index (κ1) is 13.2. The summed E-state index contributed by atoms with van der Waals surface area (Å²) in [6, 6.07) is 20.1. The summed E-state index contributed by atoms with van der Waals surface area (Å²) in [5.41, 5.74) is 4.10. The van der Waals surface area contributed by atoms with Crippen molar-refractivity contribution in [3.63, 3.8) is 0 Å². The maximum absolute atomic E-state index is 3.64. The quantitative estimate of drug-likeness (QED) is 0.918. The van der Waals surface area contributed by atoms with Crippen LogP contribution in [0.1, 0.15) is 11.1 Å². The van der Waals surface area contributed by atoms with Gasteiger partial charge in [-0.2, -0.15) is 0 Å². The maximum Gasteiger partial charge on any atom is 0.0369 e. The van der Waals surface area contributed by atoms with Crippen LogP contribution in [0.4, 0.5) is 5.69 Å². The van der Waals surface area contributed by atoms with Crippen molar-refractivity contribution in [2.75, 3.05) is 24.5 Å². The summed E-state index contributed by atoms with van der Waals surface area (Å²) in [7, 11) is 0. The minimum Gasteiger partial charge on any atom is -0.369 e. The zero-order valence-corrected chi connectivity index (χ0v) is 12.0. The van der Waals surface area contributed by atoms with Crippen molar-refractivity contribution in [3.8, 4) is 0 Å². The van der Waals surface area contributed by atoms with Crippen LogP contribution in [0.15, 0.2) is 54.6 Å². The molecule has 1 atom stereocenters. The van der Waals surface area contributed by atoms with E-state index in [4.69, 9.17) is 0 Å². The number of nitrogens with zero attached hydrogens (tertiary/aromatic N) is 1. The van der Waals surface area contributed by atoms with Gasteiger partial charge in [-0.25, -0.2) is 0 Å². The molecule has 0 bridgehead atoms. The Morgan fingerprint density at radius 2 is 1.95 bits per heavy atom. The lowest BCUT2D eigenvalue weighted by atomic mass is 10.0. The topological polar surface area (TPSA) is 15.3 Å². The molecular formula is C18H22N2. The first-order chi connectivity index (χ1) is 9.81. The molecule has 1 N–H and O–H groups in total. The molecule has 20 heavy (non-hydrogen) atoms. The fourth-order valence-corrected chi connectivity index (χ4v) is 2.92. The van der Waals surface area contributed by atoms with Crippen LogP contribution >= 0.6 is 0 Å². The van der Waals surface area contributed by atoms with Gasteiger partial charge in [0.1, 0.15) is 0 Å². The highest BCUT2D eigenvalue weighted by molar-refractivity contribution is 5.49. The summed E-state index contributed by atoms with van der Waals surface area (Å²) < 4.78 is 0. The van der Waals surface area contributed by atoms with Crippen LogP contribution in [0.2, 0.25) is 0 Å². The lowest BCUT2D eigenvalue weighted by Gasteiger charge is -2.35. The van der Waals surface area contributed by atoms with Gasteiger partial charge in [-0.15, -0.1) is 0 Å². The minimum atomic E-state index is 0.534. The number of hydrogen-bond donors (Lipinski definition) is 1. The van der Waals surface area contributed by atoms with E-state index >= 15 is 0 Å². The van der Waals surface area contributed by atoms with Gasteiger partial charge in [-0.1, -0.05) is 42.5 Å². The normalized spacial score (nSPS) is 19.1. The third-order valence-electron chi connectivity index (χ3n) is 3.95. The molecule has 0 spiro atoms. The molecule has 3 rings (SSSR count). The molecule has 1 unspecified atom stereocenters. The van der Waals surface area contributed by atoms with E-state index in [-0.39, 0.29) is 0 Å². The van der Waals surface area contributed by atoms with Gasteiger partial charge in [-0.05, 0) is 36.6 Å². The van der Waals surface area contributed by atoms with Crippen LogP contribution in [0.5, 0.6) is 0 Å². The molecule has 0 amide bonds. The van der Waals surface area contributed by atoms with E-state index in [1.165, 1.54) is 16.8 Å². The zero-order valence-electron chi connectivity index (χ0n) is 12.0. The predicted octanol–water partition coefficient (Wildman–Crippen LogP) is 3.02. The smallest absolute Gasteiger partial charge is 0.0369 e. The molecule has 0 aromatic heterocycles. The second-order valence-electron chi connectivity index (χ2n) is 5.63. The van der Waals surface area contributed by atoms with Crippen molar-refractivity contribution in [2.45, 2.75) is 19.4 Å². The van der Waals surface area contributed by atoms with Crippen LogP contribution in [0.3, 0.4) is 0 Å². The van der Waals surface area contributed by atoms with Gasteiger partial charge >= 0.3 is 0 Å². The standard InChI is InChI=1S/C18H22N2/c1-15-6-5-9-18(12-15)20-11-10-19-17(14-20)13-16-7-3-2-4-8-16/h2-9,12,17,19H,10-11,13-14H2,1H3. The highest BCUT2D eigenvalue weighted by Crippen LogP contribution is 2.18. The number of nitrogens with one attached hydrogen (secondary N) is 1. The third-order valence-corrected chi connectivity index (χ3v) is 3.95. The number of piperazine rings is 1. The lowest BCUT2D eigenvalue weighted by Crippen LogP contribution is -2.51. The Hall–Kier alpha value is -1.80. The molecule has 1 aliphatic rings. The Kier molecular flexibility index (Phi) is 4.03. The lowest BCUT2D eigenvalue weighted by molar-refractivity contribution is 0.455. The van der Waals surface area contributed by atoms with E-state index in [2.05, 4.69) is 71.7 Å². The molecule has 1 heterocycles. The Balaban J connectivity index is 1.67. The third kappa shape index (κ3) is 3.20. The highest BCUT2D eigenvalue weighted by atomic mass is 15.2. The first-order valence-electron chi connectivity index (χ1n) is 7.40. The van der Waals surface area contributed by atoms with Crippen LogP contribution in [0.25, 0.3) is 0 Å². The number of benzene rings is 2. The van der Waals surface area contributed by atoms with E-state index in [0.717, 1.165) is 26.1 Å². The summed E-state index contributed by atoms with van der Waals surface area (Å²) in [5.74, 6) is 0.